The van der Waals surface area contributed by atoms with Gasteiger partial charge in [-0.1, -0.05) is 23.7 Å². The van der Waals surface area contributed by atoms with Gasteiger partial charge in [-0.25, -0.2) is 4.98 Å². The summed E-state index contributed by atoms with van der Waals surface area (Å²) in [6.45, 7) is 5.12. The molecule has 3 aliphatic heterocycles. The monoisotopic (exact) mass is 583 g/mol. The molecule has 6 rings (SSSR count). The van der Waals surface area contributed by atoms with E-state index in [-0.39, 0.29) is 29.1 Å². The predicted molar refractivity (Wildman–Crippen MR) is 155 cm³/mol. The van der Waals surface area contributed by atoms with Crippen molar-refractivity contribution >= 4 is 29.0 Å². The minimum Gasteiger partial charge on any atom is -0.367 e. The van der Waals surface area contributed by atoms with E-state index < -0.39 is 11.7 Å². The third-order valence-corrected chi connectivity index (χ3v) is 8.62. The van der Waals surface area contributed by atoms with Crippen LogP contribution >= 0.6 is 11.6 Å². The number of hydrogen-bond acceptors (Lipinski definition) is 5. The summed E-state index contributed by atoms with van der Waals surface area (Å²) < 4.78 is 41.1. The first-order valence-electron chi connectivity index (χ1n) is 14.2. The topological polar surface area (TPSA) is 51.7 Å². The van der Waals surface area contributed by atoms with Gasteiger partial charge < -0.3 is 20.0 Å². The summed E-state index contributed by atoms with van der Waals surface area (Å²) in [7, 11) is 0. The maximum atomic E-state index is 13.7. The molecule has 0 saturated carbocycles. The van der Waals surface area contributed by atoms with Crippen LogP contribution in [0.5, 0.6) is 0 Å². The Hall–Kier alpha value is -3.30. The van der Waals surface area contributed by atoms with Crippen LogP contribution in [0.4, 0.5) is 24.7 Å². The van der Waals surface area contributed by atoms with Gasteiger partial charge in [0.1, 0.15) is 5.82 Å². The second kappa shape index (κ2) is 11.5. The van der Waals surface area contributed by atoms with Crippen LogP contribution in [0.2, 0.25) is 5.02 Å². The van der Waals surface area contributed by atoms with E-state index in [1.54, 1.807) is 6.20 Å². The summed E-state index contributed by atoms with van der Waals surface area (Å²) in [5, 5.41) is 3.51. The molecule has 1 atom stereocenters. The highest BCUT2D eigenvalue weighted by Crippen LogP contribution is 2.37. The van der Waals surface area contributed by atoms with E-state index in [9.17, 15) is 18.0 Å². The lowest BCUT2D eigenvalue weighted by Crippen LogP contribution is -2.42. The Morgan fingerprint density at radius 1 is 0.976 bits per heavy atom. The number of hydrogen-bond donors (Lipinski definition) is 1. The van der Waals surface area contributed by atoms with Crippen molar-refractivity contribution in [2.75, 3.05) is 49.5 Å². The molecule has 4 heterocycles. The first-order chi connectivity index (χ1) is 19.8. The fourth-order valence-electron chi connectivity index (χ4n) is 6.28. The van der Waals surface area contributed by atoms with Gasteiger partial charge in [0.05, 0.1) is 11.3 Å². The van der Waals surface area contributed by atoms with Gasteiger partial charge in [-0.2, -0.15) is 13.2 Å². The third kappa shape index (κ3) is 6.02. The molecule has 2 aromatic carbocycles. The zero-order valence-electron chi connectivity index (χ0n) is 22.8. The van der Waals surface area contributed by atoms with Crippen molar-refractivity contribution < 1.29 is 18.0 Å². The number of benzene rings is 2. The molecule has 0 aliphatic carbocycles. The van der Waals surface area contributed by atoms with Gasteiger partial charge in [-0.15, -0.1) is 0 Å². The largest absolute Gasteiger partial charge is 0.416 e. The SMILES string of the molecule is O=C(c1ccc(-c2cnc3c(c2)N(Cc2cc(Cl)ccc2C(F)(F)F)CCN3)cc1)N1CCC[C@H]1CN1CCCC1. The summed E-state index contributed by atoms with van der Waals surface area (Å²) >= 11 is 6.07. The minimum atomic E-state index is -4.47. The smallest absolute Gasteiger partial charge is 0.367 e. The fourth-order valence-corrected chi connectivity index (χ4v) is 6.48. The van der Waals surface area contributed by atoms with Crippen LogP contribution in [0.1, 0.15) is 47.2 Å². The zero-order chi connectivity index (χ0) is 28.6. The third-order valence-electron chi connectivity index (χ3n) is 8.39. The molecule has 2 saturated heterocycles. The van der Waals surface area contributed by atoms with E-state index in [0.717, 1.165) is 61.9 Å². The molecule has 41 heavy (non-hydrogen) atoms. The number of pyridine rings is 1. The molecule has 1 amide bonds. The van der Waals surface area contributed by atoms with E-state index in [0.29, 0.717) is 24.5 Å². The van der Waals surface area contributed by atoms with Crippen molar-refractivity contribution in [1.82, 2.24) is 14.8 Å². The summed E-state index contributed by atoms with van der Waals surface area (Å²) in [5.74, 6) is 0.694. The Balaban J connectivity index is 1.21. The number of halogens is 4. The van der Waals surface area contributed by atoms with E-state index in [1.165, 1.54) is 25.0 Å². The van der Waals surface area contributed by atoms with Gasteiger partial charge in [-0.05, 0) is 86.3 Å². The van der Waals surface area contributed by atoms with Crippen molar-refractivity contribution in [1.29, 1.82) is 0 Å². The number of anilines is 2. The van der Waals surface area contributed by atoms with Gasteiger partial charge in [0.2, 0.25) is 0 Å². The maximum Gasteiger partial charge on any atom is 0.416 e. The lowest BCUT2D eigenvalue weighted by atomic mass is 10.0. The standard InChI is InChI=1S/C31H33ClF3N5O/c32-25-9-10-27(31(33,34)35)24(16-25)19-39-15-11-36-29-28(39)17-23(18-37-29)21-5-7-22(8-6-21)30(41)40-14-3-4-26(40)20-38-12-1-2-13-38/h5-10,16-18,26H,1-4,11-15,19-20H2,(H,36,37)/t26-/m0/s1. The highest BCUT2D eigenvalue weighted by Gasteiger charge is 2.34. The van der Waals surface area contributed by atoms with Crippen LogP contribution in [-0.4, -0.2) is 66.0 Å². The number of alkyl halides is 3. The highest BCUT2D eigenvalue weighted by molar-refractivity contribution is 6.30. The molecule has 0 bridgehead atoms. The molecule has 1 N–H and O–H groups in total. The zero-order valence-corrected chi connectivity index (χ0v) is 23.5. The Morgan fingerprint density at radius 3 is 2.51 bits per heavy atom. The fraction of sp³-hybridized carbons (Fsp3) is 0.419. The van der Waals surface area contributed by atoms with Crippen LogP contribution in [0.15, 0.2) is 54.7 Å². The van der Waals surface area contributed by atoms with Crippen LogP contribution in [0.25, 0.3) is 11.1 Å². The summed E-state index contributed by atoms with van der Waals surface area (Å²) in [5.41, 5.74) is 2.53. The molecule has 6 nitrogen and oxygen atoms in total. The Labute approximate surface area is 243 Å². The summed E-state index contributed by atoms with van der Waals surface area (Å²) in [6, 6.07) is 13.5. The average Bonchev–Trinajstić information content (AvgIpc) is 3.65. The van der Waals surface area contributed by atoms with E-state index in [4.69, 9.17) is 11.6 Å². The first kappa shape index (κ1) is 27.8. The average molecular weight is 584 g/mol. The van der Waals surface area contributed by atoms with Gasteiger partial charge in [0, 0.05) is 61.1 Å². The number of rotatable bonds is 6. The first-order valence-corrected chi connectivity index (χ1v) is 14.6. The minimum absolute atomic E-state index is 0.0527. The van der Waals surface area contributed by atoms with Gasteiger partial charge in [-0.3, -0.25) is 4.79 Å². The van der Waals surface area contributed by atoms with Gasteiger partial charge in [0.15, 0.2) is 0 Å². The molecular weight excluding hydrogens is 551 g/mol. The molecule has 3 aromatic rings. The van der Waals surface area contributed by atoms with Crippen LogP contribution in [0, 0.1) is 0 Å². The van der Waals surface area contributed by atoms with E-state index in [2.05, 4.69) is 15.2 Å². The number of carbonyl (C=O) groups excluding carboxylic acids is 1. The van der Waals surface area contributed by atoms with Gasteiger partial charge >= 0.3 is 6.18 Å². The number of aromatic nitrogens is 1. The number of fused-ring (bicyclic) bond motifs is 1. The predicted octanol–water partition coefficient (Wildman–Crippen LogP) is 6.55. The van der Waals surface area contributed by atoms with Gasteiger partial charge in [0.25, 0.3) is 5.91 Å². The molecular formula is C31H33ClF3N5O. The van der Waals surface area contributed by atoms with Crippen LogP contribution in [-0.2, 0) is 12.7 Å². The van der Waals surface area contributed by atoms with Crippen molar-refractivity contribution in [2.45, 2.75) is 44.4 Å². The normalized spacial score (nSPS) is 19.4. The molecule has 0 unspecified atom stereocenters. The lowest BCUT2D eigenvalue weighted by molar-refractivity contribution is -0.138. The molecule has 1 aromatic heterocycles. The Bertz CT molecular complexity index is 1410. The van der Waals surface area contributed by atoms with E-state index in [1.807, 2.05) is 40.1 Å². The van der Waals surface area contributed by atoms with Crippen molar-refractivity contribution in [3.05, 3.63) is 76.4 Å². The maximum absolute atomic E-state index is 13.7. The van der Waals surface area contributed by atoms with E-state index >= 15 is 0 Å². The molecule has 10 heteroatoms. The second-order valence-corrected chi connectivity index (χ2v) is 11.6. The lowest BCUT2D eigenvalue weighted by Gasteiger charge is -2.32. The summed E-state index contributed by atoms with van der Waals surface area (Å²) in [6.07, 6.45) is 1.84. The second-order valence-electron chi connectivity index (χ2n) is 11.1. The van der Waals surface area contributed by atoms with Crippen molar-refractivity contribution in [3.63, 3.8) is 0 Å². The molecule has 3 aliphatic rings. The quantitative estimate of drug-likeness (QED) is 0.356. The molecule has 2 fully saturated rings. The number of carbonyl (C=O) groups is 1. The van der Waals surface area contributed by atoms with Crippen LogP contribution < -0.4 is 10.2 Å². The van der Waals surface area contributed by atoms with Crippen molar-refractivity contribution in [2.24, 2.45) is 0 Å². The number of amides is 1. The molecule has 0 radical (unpaired) electrons. The number of nitrogens with one attached hydrogen (secondary N) is 1. The van der Waals surface area contributed by atoms with Crippen molar-refractivity contribution in [3.8, 4) is 11.1 Å². The molecule has 0 spiro atoms. The number of nitrogens with zero attached hydrogens (tertiary/aromatic N) is 4. The highest BCUT2D eigenvalue weighted by atomic mass is 35.5. The Kier molecular flexibility index (Phi) is 7.83. The Morgan fingerprint density at radius 2 is 1.76 bits per heavy atom. The number of likely N-dealkylation sites (tertiary alicyclic amines) is 2. The van der Waals surface area contributed by atoms with Crippen LogP contribution in [0.3, 0.4) is 0 Å². The summed E-state index contributed by atoms with van der Waals surface area (Å²) in [4.78, 5) is 24.4. The molecule has 216 valence electrons.